The van der Waals surface area contributed by atoms with Gasteiger partial charge in [0.1, 0.15) is 0 Å². The van der Waals surface area contributed by atoms with E-state index in [1.807, 2.05) is 0 Å². The first-order chi connectivity index (χ1) is 23.7. The summed E-state index contributed by atoms with van der Waals surface area (Å²) >= 11 is 0. The third kappa shape index (κ3) is 43.0. The highest BCUT2D eigenvalue weighted by Gasteiger charge is 2.03. The highest BCUT2D eigenvalue weighted by Crippen LogP contribution is 2.17. The van der Waals surface area contributed by atoms with Crippen molar-refractivity contribution in [3.05, 3.63) is 0 Å². The van der Waals surface area contributed by atoms with Gasteiger partial charge in [-0.25, -0.2) is 0 Å². The van der Waals surface area contributed by atoms with Crippen LogP contribution in [0.1, 0.15) is 264 Å². The normalized spacial score (nSPS) is 11.4. The number of ether oxygens (including phenoxy) is 1. The number of unbranched alkanes of at least 4 members (excludes halogenated alkanes) is 36. The Morgan fingerprint density at radius 2 is 0.562 bits per heavy atom. The molecule has 0 saturated carbocycles. The van der Waals surface area contributed by atoms with Gasteiger partial charge in [-0.1, -0.05) is 232 Å². The molecule has 0 fully saturated rings. The van der Waals surface area contributed by atoms with Crippen LogP contribution in [0.3, 0.4) is 0 Å². The van der Waals surface area contributed by atoms with Crippen molar-refractivity contribution in [3.63, 3.8) is 0 Å². The lowest BCUT2D eigenvalue weighted by Gasteiger charge is -2.06. The van der Waals surface area contributed by atoms with E-state index < -0.39 is 5.97 Å². The molecule has 4 nitrogen and oxygen atoms in total. The minimum atomic E-state index is -0.653. The van der Waals surface area contributed by atoms with Crippen LogP contribution in [0.5, 0.6) is 0 Å². The summed E-state index contributed by atoms with van der Waals surface area (Å²) in [7, 11) is 0. The van der Waals surface area contributed by atoms with Crippen LogP contribution in [0.4, 0.5) is 0 Å². The number of rotatable bonds is 42. The minimum Gasteiger partial charge on any atom is -0.481 e. The molecular weight excluding hydrogens is 592 g/mol. The Labute approximate surface area is 301 Å². The van der Waals surface area contributed by atoms with Gasteiger partial charge in [-0.2, -0.15) is 0 Å². The fourth-order valence-electron chi connectivity index (χ4n) is 6.99. The molecule has 0 heterocycles. The molecule has 0 unspecified atom stereocenters. The summed E-state index contributed by atoms with van der Waals surface area (Å²) in [4.78, 5) is 22.4. The minimum absolute atomic E-state index is 0.0186. The van der Waals surface area contributed by atoms with Crippen LogP contribution in [-0.2, 0) is 14.3 Å². The molecule has 0 atom stereocenters. The van der Waals surface area contributed by atoms with Gasteiger partial charge in [-0.3, -0.25) is 9.59 Å². The Kier molecular flexibility index (Phi) is 41.2. The highest BCUT2D eigenvalue weighted by atomic mass is 16.5. The number of carboxylic acids is 1. The molecule has 0 rings (SSSR count). The first-order valence-electron chi connectivity index (χ1n) is 22.0. The first-order valence-corrected chi connectivity index (χ1v) is 22.0. The van der Waals surface area contributed by atoms with Crippen molar-refractivity contribution in [2.24, 2.45) is 0 Å². The lowest BCUT2D eigenvalue weighted by atomic mass is 10.0. The maximum Gasteiger partial charge on any atom is 0.305 e. The quantitative estimate of drug-likeness (QED) is 0.0515. The van der Waals surface area contributed by atoms with Gasteiger partial charge in [-0.05, 0) is 19.3 Å². The largest absolute Gasteiger partial charge is 0.481 e. The molecule has 0 aromatic rings. The average molecular weight is 679 g/mol. The van der Waals surface area contributed by atoms with Crippen LogP contribution < -0.4 is 0 Å². The summed E-state index contributed by atoms with van der Waals surface area (Å²) < 4.78 is 5.43. The maximum atomic E-state index is 11.9. The van der Waals surface area contributed by atoms with Gasteiger partial charge in [0, 0.05) is 12.8 Å². The molecule has 0 spiro atoms. The van der Waals surface area contributed by atoms with E-state index >= 15 is 0 Å². The molecule has 0 amide bonds. The van der Waals surface area contributed by atoms with Crippen molar-refractivity contribution in [1.82, 2.24) is 0 Å². The van der Waals surface area contributed by atoms with E-state index in [1.54, 1.807) is 0 Å². The SMILES string of the molecule is CCCCCCCCCCCC(=O)OCCCCCCCCCCCCCCCCCCCCCCCCCCCCCCCC(=O)O. The lowest BCUT2D eigenvalue weighted by Crippen LogP contribution is -2.05. The predicted molar refractivity (Wildman–Crippen MR) is 209 cm³/mol. The Balaban J connectivity index is 3.11. The Bertz CT molecular complexity index is 633. The first kappa shape index (κ1) is 46.9. The molecule has 0 aromatic carbocycles. The average Bonchev–Trinajstić information content (AvgIpc) is 3.08. The van der Waals surface area contributed by atoms with Crippen molar-refractivity contribution < 1.29 is 19.4 Å². The van der Waals surface area contributed by atoms with Gasteiger partial charge in [0.15, 0.2) is 0 Å². The van der Waals surface area contributed by atoms with Crippen LogP contribution in [0.15, 0.2) is 0 Å². The summed E-state index contributed by atoms with van der Waals surface area (Å²) in [6.45, 7) is 2.89. The molecule has 0 aliphatic rings. The van der Waals surface area contributed by atoms with Crippen LogP contribution >= 0.6 is 0 Å². The second kappa shape index (κ2) is 42.1. The van der Waals surface area contributed by atoms with E-state index in [1.165, 1.54) is 218 Å². The molecule has 0 radical (unpaired) electrons. The number of hydrogen-bond acceptors (Lipinski definition) is 3. The van der Waals surface area contributed by atoms with E-state index in [0.717, 1.165) is 25.7 Å². The van der Waals surface area contributed by atoms with Crippen molar-refractivity contribution >= 4 is 11.9 Å². The molecule has 286 valence electrons. The Morgan fingerprint density at radius 3 is 0.833 bits per heavy atom. The number of hydrogen-bond donors (Lipinski definition) is 1. The standard InChI is InChI=1S/C44H86O4/c1-2-3-4-5-6-28-32-35-38-41-44(47)48-42-39-36-33-30-27-25-23-21-19-17-15-13-11-9-7-8-10-12-14-16-18-20-22-24-26-29-31-34-37-40-43(45)46/h2-42H2,1H3,(H,45,46). The second-order valence-corrected chi connectivity index (χ2v) is 15.2. The molecule has 0 aromatic heterocycles. The fourth-order valence-corrected chi connectivity index (χ4v) is 6.99. The van der Waals surface area contributed by atoms with Crippen molar-refractivity contribution in [2.75, 3.05) is 6.61 Å². The fraction of sp³-hybridized carbons (Fsp3) is 0.955. The predicted octanol–water partition coefficient (Wildman–Crippen LogP) is 15.2. The molecular formula is C44H86O4. The molecule has 0 bridgehead atoms. The third-order valence-corrected chi connectivity index (χ3v) is 10.3. The van der Waals surface area contributed by atoms with Crippen molar-refractivity contribution in [3.8, 4) is 0 Å². The zero-order chi connectivity index (χ0) is 34.9. The molecule has 0 aliphatic heterocycles. The topological polar surface area (TPSA) is 63.6 Å². The van der Waals surface area contributed by atoms with Gasteiger partial charge in [0.2, 0.25) is 0 Å². The smallest absolute Gasteiger partial charge is 0.305 e. The monoisotopic (exact) mass is 679 g/mol. The van der Waals surface area contributed by atoms with E-state index in [9.17, 15) is 9.59 Å². The van der Waals surface area contributed by atoms with Crippen LogP contribution in [-0.4, -0.2) is 23.7 Å². The molecule has 4 heteroatoms. The number of carbonyl (C=O) groups is 2. The molecule has 0 saturated heterocycles. The Morgan fingerprint density at radius 1 is 0.333 bits per heavy atom. The molecule has 0 aliphatic carbocycles. The molecule has 1 N–H and O–H groups in total. The summed E-state index contributed by atoms with van der Waals surface area (Å²) in [6, 6.07) is 0. The number of esters is 1. The number of carbonyl (C=O) groups excluding carboxylic acids is 1. The van der Waals surface area contributed by atoms with E-state index in [2.05, 4.69) is 6.92 Å². The summed E-state index contributed by atoms with van der Waals surface area (Å²) in [6.07, 6.45) is 51.6. The summed E-state index contributed by atoms with van der Waals surface area (Å²) in [5, 5.41) is 8.65. The Hall–Kier alpha value is -1.06. The van der Waals surface area contributed by atoms with Crippen molar-refractivity contribution in [1.29, 1.82) is 0 Å². The van der Waals surface area contributed by atoms with Crippen LogP contribution in [0, 0.1) is 0 Å². The van der Waals surface area contributed by atoms with Crippen LogP contribution in [0.25, 0.3) is 0 Å². The number of aliphatic carboxylic acids is 1. The zero-order valence-corrected chi connectivity index (χ0v) is 32.7. The van der Waals surface area contributed by atoms with Gasteiger partial charge in [0.25, 0.3) is 0 Å². The maximum absolute atomic E-state index is 11.9. The van der Waals surface area contributed by atoms with Crippen molar-refractivity contribution in [2.45, 2.75) is 264 Å². The lowest BCUT2D eigenvalue weighted by molar-refractivity contribution is -0.144. The van der Waals surface area contributed by atoms with Gasteiger partial charge in [-0.15, -0.1) is 0 Å². The van der Waals surface area contributed by atoms with Crippen LogP contribution in [0.2, 0.25) is 0 Å². The molecule has 48 heavy (non-hydrogen) atoms. The number of carboxylic acid groups (broad SMARTS) is 1. The van der Waals surface area contributed by atoms with E-state index in [4.69, 9.17) is 9.84 Å². The van der Waals surface area contributed by atoms with E-state index in [-0.39, 0.29) is 5.97 Å². The third-order valence-electron chi connectivity index (χ3n) is 10.3. The van der Waals surface area contributed by atoms with Gasteiger partial charge in [0.05, 0.1) is 6.61 Å². The zero-order valence-electron chi connectivity index (χ0n) is 32.7. The highest BCUT2D eigenvalue weighted by molar-refractivity contribution is 5.69. The van der Waals surface area contributed by atoms with Gasteiger partial charge < -0.3 is 9.84 Å². The second-order valence-electron chi connectivity index (χ2n) is 15.2. The summed E-state index contributed by atoms with van der Waals surface area (Å²) in [5.74, 6) is -0.634. The van der Waals surface area contributed by atoms with Gasteiger partial charge >= 0.3 is 11.9 Å². The summed E-state index contributed by atoms with van der Waals surface area (Å²) in [5.41, 5.74) is 0. The van der Waals surface area contributed by atoms with E-state index in [0.29, 0.717) is 19.4 Å².